The predicted octanol–water partition coefficient (Wildman–Crippen LogP) is 4.51. The molecule has 0 amide bonds. The molecule has 0 nitrogen and oxygen atoms in total. The minimum absolute atomic E-state index is 0.218. The van der Waals surface area contributed by atoms with Gasteiger partial charge >= 0.3 is 6.18 Å². The van der Waals surface area contributed by atoms with Crippen LogP contribution in [0.25, 0.3) is 0 Å². The Kier molecular flexibility index (Phi) is 5.40. The molecular formula is C12H17F3. The van der Waals surface area contributed by atoms with Gasteiger partial charge in [-0.2, -0.15) is 13.2 Å². The molecule has 3 heteroatoms. The Morgan fingerprint density at radius 1 is 1.27 bits per heavy atom. The fourth-order valence-electron chi connectivity index (χ4n) is 1.46. The van der Waals surface area contributed by atoms with Crippen LogP contribution in [0.3, 0.4) is 0 Å². The van der Waals surface area contributed by atoms with Crippen molar-refractivity contribution in [3.05, 3.63) is 36.5 Å². The van der Waals surface area contributed by atoms with Crippen LogP contribution in [0.2, 0.25) is 0 Å². The zero-order valence-corrected chi connectivity index (χ0v) is 9.31. The van der Waals surface area contributed by atoms with Gasteiger partial charge in [-0.15, -0.1) is 0 Å². The normalized spacial score (nSPS) is 16.1. The minimum atomic E-state index is -4.21. The Balaban J connectivity index is 5.13. The maximum Gasteiger partial charge on any atom is 0.395 e. The van der Waals surface area contributed by atoms with E-state index in [2.05, 4.69) is 6.58 Å². The van der Waals surface area contributed by atoms with Gasteiger partial charge in [0.05, 0.1) is 5.92 Å². The van der Waals surface area contributed by atoms with E-state index in [0.717, 1.165) is 0 Å². The summed E-state index contributed by atoms with van der Waals surface area (Å²) in [5.41, 5.74) is 0.218. The van der Waals surface area contributed by atoms with Gasteiger partial charge in [-0.05, 0) is 18.4 Å². The molecule has 0 fully saturated rings. The molecule has 1 atom stereocenters. The van der Waals surface area contributed by atoms with Crippen LogP contribution in [-0.4, -0.2) is 6.18 Å². The highest BCUT2D eigenvalue weighted by Gasteiger charge is 2.42. The molecule has 0 bridgehead atoms. The lowest BCUT2D eigenvalue weighted by Gasteiger charge is -2.24. The van der Waals surface area contributed by atoms with Gasteiger partial charge in [-0.25, -0.2) is 0 Å². The molecule has 0 aliphatic carbocycles. The highest BCUT2D eigenvalue weighted by Crippen LogP contribution is 2.37. The standard InChI is InChI=1S/C12H17F3/c1-5-7-8-10(6-2)11(9(3)4)12(13,14)15/h5-9,11H,2H2,1,3-4H3/b7-5-,10-8+. The number of allylic oxidation sites excluding steroid dienone is 5. The van der Waals surface area contributed by atoms with Crippen LogP contribution in [0.15, 0.2) is 36.5 Å². The quantitative estimate of drug-likeness (QED) is 0.609. The van der Waals surface area contributed by atoms with Crippen molar-refractivity contribution in [2.75, 3.05) is 0 Å². The van der Waals surface area contributed by atoms with Gasteiger partial charge in [0.1, 0.15) is 0 Å². The van der Waals surface area contributed by atoms with Crippen LogP contribution in [0.1, 0.15) is 20.8 Å². The summed E-state index contributed by atoms with van der Waals surface area (Å²) in [4.78, 5) is 0. The van der Waals surface area contributed by atoms with Gasteiger partial charge in [-0.1, -0.05) is 44.7 Å². The van der Waals surface area contributed by atoms with Crippen molar-refractivity contribution in [3.8, 4) is 0 Å². The monoisotopic (exact) mass is 218 g/mol. The van der Waals surface area contributed by atoms with Crippen LogP contribution in [0, 0.1) is 11.8 Å². The molecule has 0 aromatic heterocycles. The summed E-state index contributed by atoms with van der Waals surface area (Å²) in [6.07, 6.45) is 1.81. The van der Waals surface area contributed by atoms with Crippen molar-refractivity contribution in [1.82, 2.24) is 0 Å². The summed E-state index contributed by atoms with van der Waals surface area (Å²) in [6, 6.07) is 0. The average Bonchev–Trinajstić information content (AvgIpc) is 2.08. The maximum atomic E-state index is 12.7. The Bertz CT molecular complexity index is 257. The van der Waals surface area contributed by atoms with E-state index in [9.17, 15) is 13.2 Å². The third-order valence-electron chi connectivity index (χ3n) is 2.10. The Morgan fingerprint density at radius 2 is 1.80 bits per heavy atom. The van der Waals surface area contributed by atoms with Crippen molar-refractivity contribution in [1.29, 1.82) is 0 Å². The highest BCUT2D eigenvalue weighted by molar-refractivity contribution is 5.26. The summed E-state index contributed by atoms with van der Waals surface area (Å²) in [5, 5.41) is 0. The molecule has 0 aliphatic rings. The fraction of sp³-hybridized carbons (Fsp3) is 0.500. The van der Waals surface area contributed by atoms with E-state index in [4.69, 9.17) is 0 Å². The van der Waals surface area contributed by atoms with E-state index < -0.39 is 18.0 Å². The molecule has 0 aromatic carbocycles. The topological polar surface area (TPSA) is 0 Å². The summed E-state index contributed by atoms with van der Waals surface area (Å²) >= 11 is 0. The van der Waals surface area contributed by atoms with Gasteiger partial charge in [0.15, 0.2) is 0 Å². The summed E-state index contributed by atoms with van der Waals surface area (Å²) in [6.45, 7) is 8.31. The maximum absolute atomic E-state index is 12.7. The second kappa shape index (κ2) is 5.79. The predicted molar refractivity (Wildman–Crippen MR) is 57.5 cm³/mol. The second-order valence-corrected chi connectivity index (χ2v) is 3.66. The number of hydrogen-bond acceptors (Lipinski definition) is 0. The van der Waals surface area contributed by atoms with E-state index in [-0.39, 0.29) is 5.57 Å². The van der Waals surface area contributed by atoms with E-state index in [1.54, 1.807) is 32.9 Å². The van der Waals surface area contributed by atoms with Gasteiger partial charge in [0.2, 0.25) is 0 Å². The lowest BCUT2D eigenvalue weighted by molar-refractivity contribution is -0.173. The number of alkyl halides is 3. The van der Waals surface area contributed by atoms with Crippen molar-refractivity contribution in [2.45, 2.75) is 26.9 Å². The third kappa shape index (κ3) is 4.36. The van der Waals surface area contributed by atoms with Gasteiger partial charge in [0, 0.05) is 0 Å². The van der Waals surface area contributed by atoms with Crippen LogP contribution in [0.5, 0.6) is 0 Å². The van der Waals surface area contributed by atoms with Gasteiger partial charge < -0.3 is 0 Å². The van der Waals surface area contributed by atoms with Crippen molar-refractivity contribution in [3.63, 3.8) is 0 Å². The molecule has 0 spiro atoms. The molecule has 0 heterocycles. The zero-order chi connectivity index (χ0) is 12.1. The average molecular weight is 218 g/mol. The summed E-state index contributed by atoms with van der Waals surface area (Å²) in [7, 11) is 0. The first-order chi connectivity index (χ1) is 6.84. The zero-order valence-electron chi connectivity index (χ0n) is 9.31. The van der Waals surface area contributed by atoms with Crippen LogP contribution in [-0.2, 0) is 0 Å². The summed E-state index contributed by atoms with van der Waals surface area (Å²) in [5.74, 6) is -1.93. The molecule has 0 rings (SSSR count). The number of halogens is 3. The molecule has 0 saturated heterocycles. The molecule has 15 heavy (non-hydrogen) atoms. The van der Waals surface area contributed by atoms with Crippen molar-refractivity contribution < 1.29 is 13.2 Å². The minimum Gasteiger partial charge on any atom is -0.170 e. The molecule has 1 unspecified atom stereocenters. The largest absolute Gasteiger partial charge is 0.395 e. The number of rotatable bonds is 4. The van der Waals surface area contributed by atoms with E-state index in [1.165, 1.54) is 12.2 Å². The Morgan fingerprint density at radius 3 is 2.07 bits per heavy atom. The SMILES string of the molecule is C=C/C(=C\C=C/C)C(C(C)C)C(F)(F)F. The van der Waals surface area contributed by atoms with Crippen LogP contribution >= 0.6 is 0 Å². The first kappa shape index (κ1) is 14.0. The molecule has 86 valence electrons. The van der Waals surface area contributed by atoms with Crippen molar-refractivity contribution >= 4 is 0 Å². The molecule has 0 radical (unpaired) electrons. The molecular weight excluding hydrogens is 201 g/mol. The smallest absolute Gasteiger partial charge is 0.170 e. The van der Waals surface area contributed by atoms with E-state index in [1.807, 2.05) is 0 Å². The Labute approximate surface area is 89.2 Å². The highest BCUT2D eigenvalue weighted by atomic mass is 19.4. The van der Waals surface area contributed by atoms with E-state index in [0.29, 0.717) is 0 Å². The first-order valence-corrected chi connectivity index (χ1v) is 4.86. The van der Waals surface area contributed by atoms with Crippen LogP contribution in [0.4, 0.5) is 13.2 Å². The second-order valence-electron chi connectivity index (χ2n) is 3.66. The van der Waals surface area contributed by atoms with Gasteiger partial charge in [-0.3, -0.25) is 0 Å². The Hall–Kier alpha value is -0.990. The fourth-order valence-corrected chi connectivity index (χ4v) is 1.46. The molecule has 0 aromatic rings. The van der Waals surface area contributed by atoms with Crippen LogP contribution < -0.4 is 0 Å². The lowest BCUT2D eigenvalue weighted by atomic mass is 9.87. The number of hydrogen-bond donors (Lipinski definition) is 0. The lowest BCUT2D eigenvalue weighted by Crippen LogP contribution is -2.28. The summed E-state index contributed by atoms with van der Waals surface area (Å²) < 4.78 is 38.2. The van der Waals surface area contributed by atoms with E-state index >= 15 is 0 Å². The molecule has 0 saturated carbocycles. The third-order valence-corrected chi connectivity index (χ3v) is 2.10. The van der Waals surface area contributed by atoms with Gasteiger partial charge in [0.25, 0.3) is 0 Å². The first-order valence-electron chi connectivity index (χ1n) is 4.86. The molecule has 0 N–H and O–H groups in total. The molecule has 0 aliphatic heterocycles. The van der Waals surface area contributed by atoms with Crippen molar-refractivity contribution in [2.24, 2.45) is 11.8 Å².